The van der Waals surface area contributed by atoms with Crippen molar-refractivity contribution in [2.75, 3.05) is 19.5 Å². The van der Waals surface area contributed by atoms with E-state index >= 15 is 0 Å². The van der Waals surface area contributed by atoms with Crippen LogP contribution in [0.1, 0.15) is 57.2 Å². The topological polar surface area (TPSA) is 21.3 Å². The minimum absolute atomic E-state index is 0.208. The first-order chi connectivity index (χ1) is 13.3. The Hall–Kier alpha value is -1.71. The Morgan fingerprint density at radius 3 is 2.39 bits per heavy atom. The third-order valence-corrected chi connectivity index (χ3v) is 7.36. The summed E-state index contributed by atoms with van der Waals surface area (Å²) in [6.45, 7) is 10.5. The van der Waals surface area contributed by atoms with Gasteiger partial charge in [-0.1, -0.05) is 52.0 Å². The fourth-order valence-corrected chi connectivity index (χ4v) is 5.26. The number of hydrogen-bond acceptors (Lipinski definition) is 3. The maximum absolute atomic E-state index is 5.72. The van der Waals surface area contributed by atoms with Gasteiger partial charge in [0, 0.05) is 22.9 Å². The molecule has 2 aromatic rings. The highest BCUT2D eigenvalue weighted by atomic mass is 32.2. The van der Waals surface area contributed by atoms with Gasteiger partial charge in [-0.2, -0.15) is 0 Å². The molecule has 0 amide bonds. The van der Waals surface area contributed by atoms with E-state index in [2.05, 4.69) is 75.5 Å². The molecule has 28 heavy (non-hydrogen) atoms. The van der Waals surface area contributed by atoms with Crippen LogP contribution in [0, 0.1) is 0 Å². The van der Waals surface area contributed by atoms with Crippen molar-refractivity contribution in [1.29, 1.82) is 0 Å². The van der Waals surface area contributed by atoms with Gasteiger partial charge in [0.2, 0.25) is 0 Å². The number of hydrogen-bond donors (Lipinski definition) is 1. The molecule has 0 atom stereocenters. The van der Waals surface area contributed by atoms with Gasteiger partial charge in [0.05, 0.1) is 7.11 Å². The molecule has 0 unspecified atom stereocenters. The normalized spacial score (nSPS) is 21.5. The van der Waals surface area contributed by atoms with Crippen molar-refractivity contribution in [2.45, 2.75) is 51.4 Å². The minimum Gasteiger partial charge on any atom is -0.496 e. The van der Waals surface area contributed by atoms with Crippen LogP contribution in [0.2, 0.25) is 0 Å². The summed E-state index contributed by atoms with van der Waals surface area (Å²) < 4.78 is 5.72. The summed E-state index contributed by atoms with van der Waals surface area (Å²) in [7, 11) is 1.76. The maximum atomic E-state index is 5.72. The largest absolute Gasteiger partial charge is 0.496 e. The molecular formula is C25H31NOS. The third-order valence-electron chi connectivity index (χ3n) is 6.37. The SMILES string of the molecule is COc1ccc(C=C2CNCS2)cc1-c1ccc2c(c1)C(C)(C)CCC2(C)C. The average molecular weight is 394 g/mol. The second-order valence-corrected chi connectivity index (χ2v) is 10.4. The van der Waals surface area contributed by atoms with Crippen LogP contribution in [0.5, 0.6) is 5.75 Å². The van der Waals surface area contributed by atoms with Crippen molar-refractivity contribution in [3.05, 3.63) is 58.0 Å². The fraction of sp³-hybridized carbons (Fsp3) is 0.440. The van der Waals surface area contributed by atoms with Gasteiger partial charge in [-0.05, 0) is 64.1 Å². The standard InChI is InChI=1S/C25H31NOS/c1-24(2)10-11-25(3,4)22-14-18(7-8-21(22)24)20-13-17(6-9-23(20)27-5)12-19-15-26-16-28-19/h6-9,12-14,26H,10-11,15-16H2,1-5H3. The highest BCUT2D eigenvalue weighted by Crippen LogP contribution is 2.47. The van der Waals surface area contributed by atoms with Gasteiger partial charge in [0.15, 0.2) is 0 Å². The first-order valence-corrected chi connectivity index (χ1v) is 11.2. The molecule has 148 valence electrons. The number of rotatable bonds is 3. The number of fused-ring (bicyclic) bond motifs is 1. The van der Waals surface area contributed by atoms with Gasteiger partial charge in [0.1, 0.15) is 5.75 Å². The van der Waals surface area contributed by atoms with Crippen LogP contribution in [0.3, 0.4) is 0 Å². The summed E-state index contributed by atoms with van der Waals surface area (Å²) >= 11 is 1.89. The van der Waals surface area contributed by atoms with E-state index in [0.29, 0.717) is 0 Å². The van der Waals surface area contributed by atoms with Crippen LogP contribution in [-0.4, -0.2) is 19.5 Å². The molecule has 2 nitrogen and oxygen atoms in total. The molecule has 0 aromatic heterocycles. The second-order valence-electron chi connectivity index (χ2n) is 9.31. The number of nitrogens with one attached hydrogen (secondary N) is 1. The first-order valence-electron chi connectivity index (χ1n) is 10.2. The Bertz CT molecular complexity index is 918. The number of thioether (sulfide) groups is 1. The van der Waals surface area contributed by atoms with Crippen molar-refractivity contribution >= 4 is 17.8 Å². The summed E-state index contributed by atoms with van der Waals surface area (Å²) in [5.74, 6) is 1.94. The summed E-state index contributed by atoms with van der Waals surface area (Å²) in [6.07, 6.45) is 4.76. The van der Waals surface area contributed by atoms with E-state index in [1.807, 2.05) is 11.8 Å². The summed E-state index contributed by atoms with van der Waals surface area (Å²) in [6, 6.07) is 13.6. The summed E-state index contributed by atoms with van der Waals surface area (Å²) in [4.78, 5) is 1.39. The van der Waals surface area contributed by atoms with E-state index < -0.39 is 0 Å². The Kier molecular flexibility index (Phi) is 5.09. The Balaban J connectivity index is 1.81. The van der Waals surface area contributed by atoms with Crippen LogP contribution < -0.4 is 10.1 Å². The van der Waals surface area contributed by atoms with Crippen molar-refractivity contribution in [3.8, 4) is 16.9 Å². The number of ether oxygens (including phenoxy) is 1. The van der Waals surface area contributed by atoms with Crippen molar-refractivity contribution in [2.24, 2.45) is 0 Å². The average Bonchev–Trinajstić information content (AvgIpc) is 3.18. The molecule has 2 aliphatic rings. The predicted octanol–water partition coefficient (Wildman–Crippen LogP) is 6.35. The van der Waals surface area contributed by atoms with Gasteiger partial charge >= 0.3 is 0 Å². The smallest absolute Gasteiger partial charge is 0.126 e. The van der Waals surface area contributed by atoms with E-state index in [1.54, 1.807) is 7.11 Å². The van der Waals surface area contributed by atoms with E-state index in [4.69, 9.17) is 4.74 Å². The molecule has 0 saturated carbocycles. The van der Waals surface area contributed by atoms with Gasteiger partial charge in [-0.15, -0.1) is 11.8 Å². The number of benzene rings is 2. The van der Waals surface area contributed by atoms with Gasteiger partial charge < -0.3 is 10.1 Å². The van der Waals surface area contributed by atoms with E-state index in [9.17, 15) is 0 Å². The lowest BCUT2D eigenvalue weighted by atomic mass is 9.63. The molecular weight excluding hydrogens is 362 g/mol. The van der Waals surface area contributed by atoms with Crippen molar-refractivity contribution in [1.82, 2.24) is 5.32 Å². The zero-order chi connectivity index (χ0) is 19.9. The Morgan fingerprint density at radius 1 is 0.964 bits per heavy atom. The molecule has 3 heteroatoms. The van der Waals surface area contributed by atoms with Gasteiger partial charge in [-0.25, -0.2) is 0 Å². The Morgan fingerprint density at radius 2 is 1.71 bits per heavy atom. The van der Waals surface area contributed by atoms with Crippen LogP contribution in [-0.2, 0) is 10.8 Å². The quantitative estimate of drug-likeness (QED) is 0.657. The fourth-order valence-electron chi connectivity index (χ4n) is 4.44. The summed E-state index contributed by atoms with van der Waals surface area (Å²) in [5.41, 5.74) is 7.10. The van der Waals surface area contributed by atoms with Crippen molar-refractivity contribution < 1.29 is 4.74 Å². The molecule has 0 spiro atoms. The zero-order valence-corrected chi connectivity index (χ0v) is 18.5. The molecule has 1 aliphatic carbocycles. The molecule has 1 fully saturated rings. The van der Waals surface area contributed by atoms with Crippen molar-refractivity contribution in [3.63, 3.8) is 0 Å². The van der Waals surface area contributed by atoms with Crippen LogP contribution >= 0.6 is 11.8 Å². The van der Waals surface area contributed by atoms with Crippen LogP contribution in [0.4, 0.5) is 0 Å². The third kappa shape index (κ3) is 3.62. The zero-order valence-electron chi connectivity index (χ0n) is 17.7. The molecule has 0 bridgehead atoms. The predicted molar refractivity (Wildman–Crippen MR) is 122 cm³/mol. The molecule has 1 N–H and O–H groups in total. The second kappa shape index (κ2) is 7.27. The van der Waals surface area contributed by atoms with E-state index in [-0.39, 0.29) is 10.8 Å². The maximum Gasteiger partial charge on any atom is 0.126 e. The molecule has 1 aliphatic heterocycles. The number of methoxy groups -OCH3 is 1. The lowest BCUT2D eigenvalue weighted by Crippen LogP contribution is -2.33. The molecule has 1 heterocycles. The lowest BCUT2D eigenvalue weighted by molar-refractivity contribution is 0.332. The highest BCUT2D eigenvalue weighted by Gasteiger charge is 2.37. The summed E-state index contributed by atoms with van der Waals surface area (Å²) in [5, 5.41) is 3.38. The Labute approximate surface area is 173 Å². The van der Waals surface area contributed by atoms with Gasteiger partial charge in [0.25, 0.3) is 0 Å². The van der Waals surface area contributed by atoms with Gasteiger partial charge in [-0.3, -0.25) is 0 Å². The van der Waals surface area contributed by atoms with Crippen LogP contribution in [0.15, 0.2) is 41.3 Å². The highest BCUT2D eigenvalue weighted by molar-refractivity contribution is 8.03. The van der Waals surface area contributed by atoms with Crippen LogP contribution in [0.25, 0.3) is 17.2 Å². The lowest BCUT2D eigenvalue weighted by Gasteiger charge is -2.42. The molecule has 0 radical (unpaired) electrons. The monoisotopic (exact) mass is 393 g/mol. The molecule has 1 saturated heterocycles. The van der Waals surface area contributed by atoms with E-state index in [1.165, 1.54) is 45.6 Å². The van der Waals surface area contributed by atoms with E-state index in [0.717, 1.165) is 18.2 Å². The minimum atomic E-state index is 0.208. The first kappa shape index (κ1) is 19.6. The molecule has 2 aromatic carbocycles. The molecule has 4 rings (SSSR count).